The van der Waals surface area contributed by atoms with Crippen molar-refractivity contribution in [2.45, 2.75) is 26.7 Å². The molecule has 7 nitrogen and oxygen atoms in total. The predicted molar refractivity (Wildman–Crippen MR) is 118 cm³/mol. The minimum atomic E-state index is -0.144. The van der Waals surface area contributed by atoms with Gasteiger partial charge in [-0.05, 0) is 42.3 Å². The largest absolute Gasteiger partial charge is 0.471 e. The lowest BCUT2D eigenvalue weighted by Gasteiger charge is -2.16. The predicted octanol–water partition coefficient (Wildman–Crippen LogP) is 4.08. The fourth-order valence-electron chi connectivity index (χ4n) is 3.35. The molecule has 7 heteroatoms. The number of carbonyl (C=O) groups is 1. The summed E-state index contributed by atoms with van der Waals surface area (Å²) in [6.45, 7) is 3.49. The molecule has 31 heavy (non-hydrogen) atoms. The zero-order valence-corrected chi connectivity index (χ0v) is 17.7. The molecule has 1 amide bonds. The zero-order chi connectivity index (χ0) is 21.6. The van der Waals surface area contributed by atoms with Crippen LogP contribution >= 0.6 is 0 Å². The normalized spacial score (nSPS) is 10.8. The lowest BCUT2D eigenvalue weighted by Crippen LogP contribution is -2.28. The van der Waals surface area contributed by atoms with E-state index in [-0.39, 0.29) is 12.6 Å². The third-order valence-electron chi connectivity index (χ3n) is 5.03. The number of hydrogen-bond acceptors (Lipinski definition) is 4. The highest BCUT2D eigenvalue weighted by atomic mass is 16.5. The van der Waals surface area contributed by atoms with Crippen LogP contribution in [0.15, 0.2) is 79.1 Å². The number of aryl methyl sites for hydroxylation is 1. The Morgan fingerprint density at radius 2 is 1.74 bits per heavy atom. The van der Waals surface area contributed by atoms with Crippen LogP contribution in [0.3, 0.4) is 0 Å². The molecule has 4 rings (SSSR count). The molecule has 2 aromatic carbocycles. The average molecular weight is 415 g/mol. The number of rotatable bonds is 8. The number of hydrogen-bond donors (Lipinski definition) is 0. The van der Waals surface area contributed by atoms with E-state index < -0.39 is 0 Å². The first-order valence-corrected chi connectivity index (χ1v) is 10.2. The molecule has 0 radical (unpaired) electrons. The van der Waals surface area contributed by atoms with Gasteiger partial charge in [0.2, 0.25) is 0 Å². The van der Waals surface area contributed by atoms with E-state index in [1.54, 1.807) is 35.1 Å². The Balaban J connectivity index is 1.34. The summed E-state index contributed by atoms with van der Waals surface area (Å²) in [5.74, 6) is 0.600. The van der Waals surface area contributed by atoms with Gasteiger partial charge in [0, 0.05) is 26.0 Å². The Bertz CT molecular complexity index is 1130. The van der Waals surface area contributed by atoms with Gasteiger partial charge in [-0.2, -0.15) is 10.2 Å². The van der Waals surface area contributed by atoms with Crippen molar-refractivity contribution >= 4 is 5.91 Å². The van der Waals surface area contributed by atoms with Crippen molar-refractivity contribution in [1.82, 2.24) is 24.5 Å². The van der Waals surface area contributed by atoms with Gasteiger partial charge in [-0.3, -0.25) is 9.48 Å². The first kappa shape index (κ1) is 20.4. The molecular weight excluding hydrogens is 390 g/mol. The molecule has 0 saturated carbocycles. The lowest BCUT2D eigenvalue weighted by atomic mass is 10.1. The van der Waals surface area contributed by atoms with Crippen LogP contribution in [0, 0.1) is 0 Å². The average Bonchev–Trinajstić information content (AvgIpc) is 3.47. The molecular formula is C24H25N5O2. The third kappa shape index (κ3) is 4.83. The van der Waals surface area contributed by atoms with E-state index in [1.165, 1.54) is 0 Å². The fourth-order valence-corrected chi connectivity index (χ4v) is 3.35. The Morgan fingerprint density at radius 1 is 1.00 bits per heavy atom. The second-order valence-corrected chi connectivity index (χ2v) is 7.20. The first-order chi connectivity index (χ1) is 15.1. The van der Waals surface area contributed by atoms with Gasteiger partial charge in [0.05, 0.1) is 12.2 Å². The van der Waals surface area contributed by atoms with Gasteiger partial charge >= 0.3 is 0 Å². The summed E-state index contributed by atoms with van der Waals surface area (Å²) in [5, 5.41) is 8.60. The van der Waals surface area contributed by atoms with Crippen molar-refractivity contribution in [1.29, 1.82) is 0 Å². The van der Waals surface area contributed by atoms with Gasteiger partial charge in [0.15, 0.2) is 12.4 Å². The number of aromatic nitrogens is 4. The van der Waals surface area contributed by atoms with E-state index in [4.69, 9.17) is 4.74 Å². The van der Waals surface area contributed by atoms with Gasteiger partial charge in [-0.15, -0.1) is 0 Å². The maximum Gasteiger partial charge on any atom is 0.274 e. The maximum atomic E-state index is 12.7. The zero-order valence-electron chi connectivity index (χ0n) is 17.7. The highest BCUT2D eigenvalue weighted by Crippen LogP contribution is 2.22. The fraction of sp³-hybridized carbons (Fsp3) is 0.208. The second-order valence-electron chi connectivity index (χ2n) is 7.20. The van der Waals surface area contributed by atoms with Gasteiger partial charge in [-0.25, -0.2) is 4.68 Å². The van der Waals surface area contributed by atoms with Crippen molar-refractivity contribution in [2.75, 3.05) is 7.05 Å². The lowest BCUT2D eigenvalue weighted by molar-refractivity contribution is 0.0773. The standard InChI is InChI=1S/C24H25N5O2/c1-3-29-21(13-15-25-29)17-27(2)24(30)23-14-16-28(26-23)18-31-22-11-9-20(10-12-22)19-7-5-4-6-8-19/h4-16H,3,17-18H2,1-2H3. The van der Waals surface area contributed by atoms with Crippen LogP contribution < -0.4 is 4.74 Å². The van der Waals surface area contributed by atoms with E-state index in [0.717, 1.165) is 29.1 Å². The quantitative estimate of drug-likeness (QED) is 0.435. The molecule has 0 fully saturated rings. The molecule has 0 N–H and O–H groups in total. The molecule has 0 aliphatic rings. The van der Waals surface area contributed by atoms with E-state index >= 15 is 0 Å². The van der Waals surface area contributed by atoms with Crippen LogP contribution in [0.25, 0.3) is 11.1 Å². The van der Waals surface area contributed by atoms with Crippen molar-refractivity contribution in [3.05, 3.63) is 90.5 Å². The number of benzene rings is 2. The van der Waals surface area contributed by atoms with Gasteiger partial charge in [0.1, 0.15) is 5.75 Å². The number of carbonyl (C=O) groups excluding carboxylic acids is 1. The molecule has 4 aromatic rings. The Hall–Kier alpha value is -3.87. The highest BCUT2D eigenvalue weighted by Gasteiger charge is 2.16. The molecule has 2 heterocycles. The van der Waals surface area contributed by atoms with E-state index in [1.807, 2.05) is 60.1 Å². The monoisotopic (exact) mass is 415 g/mol. The third-order valence-corrected chi connectivity index (χ3v) is 5.03. The smallest absolute Gasteiger partial charge is 0.274 e. The molecule has 0 saturated heterocycles. The summed E-state index contributed by atoms with van der Waals surface area (Å²) >= 11 is 0. The van der Waals surface area contributed by atoms with Crippen molar-refractivity contribution in [3.8, 4) is 16.9 Å². The highest BCUT2D eigenvalue weighted by molar-refractivity contribution is 5.91. The van der Waals surface area contributed by atoms with E-state index in [2.05, 4.69) is 22.3 Å². The van der Waals surface area contributed by atoms with Crippen LogP contribution in [0.5, 0.6) is 5.75 Å². The molecule has 0 spiro atoms. The molecule has 0 bridgehead atoms. The molecule has 0 aliphatic carbocycles. The van der Waals surface area contributed by atoms with Crippen molar-refractivity contribution < 1.29 is 9.53 Å². The van der Waals surface area contributed by atoms with Crippen LogP contribution in [0.4, 0.5) is 0 Å². The first-order valence-electron chi connectivity index (χ1n) is 10.2. The van der Waals surface area contributed by atoms with Crippen molar-refractivity contribution in [2.24, 2.45) is 0 Å². The number of ether oxygens (including phenoxy) is 1. The SMILES string of the molecule is CCn1nccc1CN(C)C(=O)c1ccn(COc2ccc(-c3ccccc3)cc2)n1. The molecule has 0 atom stereocenters. The summed E-state index contributed by atoms with van der Waals surface area (Å²) in [7, 11) is 1.76. The molecule has 2 aromatic heterocycles. The summed E-state index contributed by atoms with van der Waals surface area (Å²) in [4.78, 5) is 14.3. The van der Waals surface area contributed by atoms with E-state index in [0.29, 0.717) is 12.2 Å². The number of amides is 1. The van der Waals surface area contributed by atoms with Crippen LogP contribution in [-0.2, 0) is 19.8 Å². The minimum absolute atomic E-state index is 0.144. The Kier molecular flexibility index (Phi) is 6.12. The van der Waals surface area contributed by atoms with Crippen LogP contribution in [-0.4, -0.2) is 37.4 Å². The summed E-state index contributed by atoms with van der Waals surface area (Å²) in [6.07, 6.45) is 3.49. The second kappa shape index (κ2) is 9.30. The van der Waals surface area contributed by atoms with Gasteiger partial charge in [-0.1, -0.05) is 42.5 Å². The van der Waals surface area contributed by atoms with Gasteiger partial charge < -0.3 is 9.64 Å². The topological polar surface area (TPSA) is 65.2 Å². The molecule has 0 unspecified atom stereocenters. The van der Waals surface area contributed by atoms with Crippen LogP contribution in [0.2, 0.25) is 0 Å². The molecule has 0 aliphatic heterocycles. The van der Waals surface area contributed by atoms with Crippen LogP contribution in [0.1, 0.15) is 23.1 Å². The summed E-state index contributed by atoms with van der Waals surface area (Å²) < 4.78 is 9.30. The summed E-state index contributed by atoms with van der Waals surface area (Å²) in [5.41, 5.74) is 3.66. The van der Waals surface area contributed by atoms with Gasteiger partial charge in [0.25, 0.3) is 5.91 Å². The molecule has 158 valence electrons. The Morgan fingerprint density at radius 3 is 2.48 bits per heavy atom. The Labute approximate surface area is 181 Å². The van der Waals surface area contributed by atoms with E-state index in [9.17, 15) is 4.79 Å². The summed E-state index contributed by atoms with van der Waals surface area (Å²) in [6, 6.07) is 21.7. The number of nitrogens with zero attached hydrogens (tertiary/aromatic N) is 5. The maximum absolute atomic E-state index is 12.7. The van der Waals surface area contributed by atoms with Crippen molar-refractivity contribution in [3.63, 3.8) is 0 Å². The minimum Gasteiger partial charge on any atom is -0.471 e.